The second-order valence-corrected chi connectivity index (χ2v) is 0.300. The van der Waals surface area contributed by atoms with Crippen molar-refractivity contribution < 1.29 is 27.6 Å². The molecule has 2 N–H and O–H groups in total. The number of hydrogen-bond donors (Lipinski definition) is 3. The van der Waals surface area contributed by atoms with E-state index in [-0.39, 0.29) is 17.1 Å². The summed E-state index contributed by atoms with van der Waals surface area (Å²) in [6.07, 6.45) is 0. The molecule has 0 amide bonds. The van der Waals surface area contributed by atoms with Crippen molar-refractivity contribution in [2.24, 2.45) is 0 Å². The van der Waals surface area contributed by atoms with Crippen LogP contribution in [0.5, 0.6) is 0 Å². The molecule has 0 aromatic heterocycles. The SMILES string of the molecule is N#CS.OO.[Fe]. The summed E-state index contributed by atoms with van der Waals surface area (Å²) in [5, 5.41) is 20.6. The number of thiocyanates is 1. The fourth-order valence-corrected chi connectivity index (χ4v) is 0. The van der Waals surface area contributed by atoms with Crippen LogP contribution in [-0.4, -0.2) is 10.5 Å². The van der Waals surface area contributed by atoms with E-state index in [2.05, 4.69) is 12.6 Å². The van der Waals surface area contributed by atoms with Gasteiger partial charge in [0.15, 0.2) is 0 Å². The first-order chi connectivity index (χ1) is 2.41. The molecular formula is CH3FeNO2S. The minimum Gasteiger partial charge on any atom is -0.255 e. The average molecular weight is 149 g/mol. The van der Waals surface area contributed by atoms with E-state index >= 15 is 0 Å². The van der Waals surface area contributed by atoms with Crippen molar-refractivity contribution in [2.45, 2.75) is 0 Å². The maximum absolute atomic E-state index is 7.18. The van der Waals surface area contributed by atoms with Crippen molar-refractivity contribution >= 4 is 12.6 Å². The van der Waals surface area contributed by atoms with E-state index in [0.717, 1.165) is 0 Å². The van der Waals surface area contributed by atoms with Gasteiger partial charge in [0.25, 0.3) is 0 Å². The average Bonchev–Trinajstić information content (AvgIpc) is 1.46. The maximum Gasteiger partial charge on any atom is 0.130 e. The van der Waals surface area contributed by atoms with Crippen LogP contribution in [0.4, 0.5) is 0 Å². The van der Waals surface area contributed by atoms with Gasteiger partial charge >= 0.3 is 0 Å². The third kappa shape index (κ3) is 589. The molecule has 0 spiro atoms. The molecule has 0 radical (unpaired) electrons. The molecule has 6 heavy (non-hydrogen) atoms. The Balaban J connectivity index is -0.0000000275. The number of hydrogen-bond acceptors (Lipinski definition) is 4. The number of nitrogens with zero attached hydrogens (tertiary/aromatic N) is 1. The first kappa shape index (κ1) is 16.3. The number of thiol groups is 1. The molecule has 38 valence electrons. The van der Waals surface area contributed by atoms with Crippen LogP contribution in [0, 0.1) is 10.7 Å². The molecule has 0 bridgehead atoms. The molecule has 0 aromatic rings. The molecular weight excluding hydrogens is 146 g/mol. The molecule has 0 atom stereocenters. The van der Waals surface area contributed by atoms with Crippen molar-refractivity contribution in [3.8, 4) is 5.40 Å². The summed E-state index contributed by atoms with van der Waals surface area (Å²) in [4.78, 5) is 0. The Kier molecular flexibility index (Phi) is 160. The summed E-state index contributed by atoms with van der Waals surface area (Å²) in [5.41, 5.74) is 0. The second kappa shape index (κ2) is 59.1. The normalized spacial score (nSPS) is 2.33. The summed E-state index contributed by atoms with van der Waals surface area (Å²) in [7, 11) is 0. The topological polar surface area (TPSA) is 64.2 Å². The van der Waals surface area contributed by atoms with Crippen LogP contribution in [0.2, 0.25) is 0 Å². The summed E-state index contributed by atoms with van der Waals surface area (Å²) >= 11 is 3.09. The van der Waals surface area contributed by atoms with Gasteiger partial charge in [0.1, 0.15) is 5.40 Å². The van der Waals surface area contributed by atoms with Gasteiger partial charge in [-0.05, 0) is 0 Å². The molecule has 0 heterocycles. The zero-order valence-electron chi connectivity index (χ0n) is 2.64. The monoisotopic (exact) mass is 149 g/mol. The number of nitriles is 1. The van der Waals surface area contributed by atoms with E-state index in [1.54, 1.807) is 0 Å². The Labute approximate surface area is 51.4 Å². The summed E-state index contributed by atoms with van der Waals surface area (Å²) < 4.78 is 0. The fourth-order valence-electron chi connectivity index (χ4n) is 0. The minimum absolute atomic E-state index is 0. The molecule has 0 aliphatic rings. The molecule has 0 aliphatic carbocycles. The molecule has 0 aliphatic heterocycles. The van der Waals surface area contributed by atoms with Crippen molar-refractivity contribution in [3.05, 3.63) is 0 Å². The molecule has 0 saturated heterocycles. The third-order valence-corrected chi connectivity index (χ3v) is 0. The number of rotatable bonds is 0. The van der Waals surface area contributed by atoms with Crippen molar-refractivity contribution in [2.75, 3.05) is 0 Å². The quantitative estimate of drug-likeness (QED) is 0.153. The molecule has 0 aromatic carbocycles. The van der Waals surface area contributed by atoms with E-state index in [0.29, 0.717) is 0 Å². The summed E-state index contributed by atoms with van der Waals surface area (Å²) in [6.45, 7) is 0. The third-order valence-electron chi connectivity index (χ3n) is 0. The summed E-state index contributed by atoms with van der Waals surface area (Å²) in [5.74, 6) is 0. The van der Waals surface area contributed by atoms with E-state index in [4.69, 9.17) is 15.8 Å². The van der Waals surface area contributed by atoms with Crippen LogP contribution < -0.4 is 0 Å². The first-order valence-electron chi connectivity index (χ1n) is 0.647. The van der Waals surface area contributed by atoms with Crippen LogP contribution >= 0.6 is 12.6 Å². The van der Waals surface area contributed by atoms with E-state index in [1.165, 1.54) is 5.40 Å². The molecule has 3 nitrogen and oxygen atoms in total. The van der Waals surface area contributed by atoms with Crippen LogP contribution in [0.3, 0.4) is 0 Å². The molecule has 0 unspecified atom stereocenters. The van der Waals surface area contributed by atoms with E-state index in [1.807, 2.05) is 0 Å². The molecule has 0 fully saturated rings. The van der Waals surface area contributed by atoms with Gasteiger partial charge in [0.05, 0.1) is 0 Å². The first-order valence-corrected chi connectivity index (χ1v) is 1.09. The van der Waals surface area contributed by atoms with Crippen molar-refractivity contribution in [1.29, 1.82) is 5.26 Å². The molecule has 5 heteroatoms. The maximum atomic E-state index is 7.18. The van der Waals surface area contributed by atoms with Gasteiger partial charge in [0.2, 0.25) is 0 Å². The predicted octanol–water partition coefficient (Wildman–Crippen LogP) is 0.412. The Morgan fingerprint density at radius 2 is 1.50 bits per heavy atom. The second-order valence-electron chi connectivity index (χ2n) is 0.100. The Hall–Kier alpha value is 0.279. The van der Waals surface area contributed by atoms with Gasteiger partial charge in [-0.25, -0.2) is 0 Å². The molecule has 0 saturated carbocycles. The van der Waals surface area contributed by atoms with Crippen LogP contribution in [-0.2, 0) is 17.1 Å². The summed E-state index contributed by atoms with van der Waals surface area (Å²) in [6, 6.07) is 0. The zero-order chi connectivity index (χ0) is 4.71. The largest absolute Gasteiger partial charge is 0.255 e. The zero-order valence-corrected chi connectivity index (χ0v) is 4.64. The van der Waals surface area contributed by atoms with Gasteiger partial charge in [-0.1, -0.05) is 12.6 Å². The van der Waals surface area contributed by atoms with E-state index in [9.17, 15) is 0 Å². The minimum atomic E-state index is 0. The fraction of sp³-hybridized carbons (Fsp3) is 0. The van der Waals surface area contributed by atoms with Crippen molar-refractivity contribution in [3.63, 3.8) is 0 Å². The van der Waals surface area contributed by atoms with Crippen molar-refractivity contribution in [1.82, 2.24) is 0 Å². The van der Waals surface area contributed by atoms with Crippen LogP contribution in [0.25, 0.3) is 0 Å². The van der Waals surface area contributed by atoms with Gasteiger partial charge in [0, 0.05) is 17.1 Å². The van der Waals surface area contributed by atoms with E-state index < -0.39 is 0 Å². The Morgan fingerprint density at radius 3 is 1.50 bits per heavy atom. The molecule has 0 rings (SSSR count). The smallest absolute Gasteiger partial charge is 0.130 e. The van der Waals surface area contributed by atoms with Crippen LogP contribution in [0.1, 0.15) is 0 Å². The standard InChI is InChI=1S/CHNS.Fe.H2O2/c2-1-3;;1-2/h3H;;1-2H. The Bertz CT molecular complexity index is 35.0. The Morgan fingerprint density at radius 1 is 1.50 bits per heavy atom. The van der Waals surface area contributed by atoms with Gasteiger partial charge in [-0.3, -0.25) is 10.5 Å². The van der Waals surface area contributed by atoms with Gasteiger partial charge in [-0.2, -0.15) is 5.26 Å². The van der Waals surface area contributed by atoms with Crippen LogP contribution in [0.15, 0.2) is 0 Å². The van der Waals surface area contributed by atoms with Gasteiger partial charge < -0.3 is 0 Å². The van der Waals surface area contributed by atoms with Gasteiger partial charge in [-0.15, -0.1) is 0 Å². The predicted molar refractivity (Wildman–Crippen MR) is 19.9 cm³/mol.